The molecule has 62 heavy (non-hydrogen) atoms. The summed E-state index contributed by atoms with van der Waals surface area (Å²) in [6.07, 6.45) is 40.3. The van der Waals surface area contributed by atoms with Crippen molar-refractivity contribution in [3.8, 4) is 0 Å². The van der Waals surface area contributed by atoms with E-state index in [9.17, 15) is 18.0 Å². The lowest BCUT2D eigenvalue weighted by atomic mass is 10.0. The number of unbranched alkanes of at least 4 members (excludes halogenated alkanes) is 23. The fourth-order valence-electron chi connectivity index (χ4n) is 8.25. The van der Waals surface area contributed by atoms with Crippen LogP contribution < -0.4 is 4.72 Å². The Balaban J connectivity index is 0.0000384. The van der Waals surface area contributed by atoms with E-state index in [-0.39, 0.29) is 31.3 Å². The first-order valence-corrected chi connectivity index (χ1v) is 27.9. The van der Waals surface area contributed by atoms with Gasteiger partial charge >= 0.3 is 11.9 Å². The molecule has 0 spiro atoms. The Hall–Kier alpha value is -1.98. The van der Waals surface area contributed by atoms with Gasteiger partial charge < -0.3 is 18.9 Å². The molecule has 1 rings (SSSR count). The van der Waals surface area contributed by atoms with Crippen molar-refractivity contribution in [2.75, 3.05) is 26.2 Å². The third-order valence-corrected chi connectivity index (χ3v) is 13.5. The average Bonchev–Trinajstić information content (AvgIpc) is 3.76. The molecule has 1 N–H and O–H groups in total. The van der Waals surface area contributed by atoms with Crippen LogP contribution in [0.2, 0.25) is 0 Å². The van der Waals surface area contributed by atoms with E-state index in [1.54, 1.807) is 6.07 Å². The van der Waals surface area contributed by atoms with Gasteiger partial charge in [-0.25, -0.2) is 13.1 Å². The van der Waals surface area contributed by atoms with Crippen LogP contribution in [0.5, 0.6) is 0 Å². The minimum Gasteiger partial charge on any atom is -0.462 e. The molecule has 0 aliphatic carbocycles. The second-order valence-corrected chi connectivity index (χ2v) is 20.0. The van der Waals surface area contributed by atoms with E-state index in [4.69, 9.17) is 14.0 Å². The minimum absolute atomic E-state index is 0. The average molecular weight is 898 g/mol. The van der Waals surface area contributed by atoms with Crippen LogP contribution in [0.3, 0.4) is 0 Å². The maximum atomic E-state index is 12.9. The van der Waals surface area contributed by atoms with Crippen molar-refractivity contribution < 1.29 is 33.4 Å². The lowest BCUT2D eigenvalue weighted by Crippen LogP contribution is -2.32. The van der Waals surface area contributed by atoms with E-state index in [0.29, 0.717) is 25.1 Å². The largest absolute Gasteiger partial charge is 0.462 e. The fourth-order valence-corrected chi connectivity index (χ4v) is 9.34. The predicted octanol–water partition coefficient (Wildman–Crippen LogP) is 14.2. The molecule has 1 aromatic heterocycles. The zero-order valence-electron chi connectivity index (χ0n) is 40.8. The number of sulfonamides is 1. The van der Waals surface area contributed by atoms with Crippen molar-refractivity contribution in [1.29, 1.82) is 0 Å². The number of esters is 2. The third-order valence-electron chi connectivity index (χ3n) is 12.2. The highest BCUT2D eigenvalue weighted by Gasteiger charge is 2.16. The summed E-state index contributed by atoms with van der Waals surface area (Å²) in [4.78, 5) is 27.9. The van der Waals surface area contributed by atoms with Crippen LogP contribution in [0.15, 0.2) is 16.9 Å². The number of nitrogens with zero attached hydrogens (tertiary/aromatic N) is 2. The van der Waals surface area contributed by atoms with Gasteiger partial charge in [0.2, 0.25) is 10.0 Å². The van der Waals surface area contributed by atoms with Crippen molar-refractivity contribution in [1.82, 2.24) is 14.8 Å². The highest BCUT2D eigenvalue weighted by Crippen LogP contribution is 2.19. The van der Waals surface area contributed by atoms with E-state index in [0.717, 1.165) is 135 Å². The molecule has 10 nitrogen and oxygen atoms in total. The molecule has 1 aromatic rings. The smallest absolute Gasteiger partial charge is 0.306 e. The quantitative estimate of drug-likeness (QED) is 0.0502. The molecule has 366 valence electrons. The topological polar surface area (TPSA) is 128 Å². The van der Waals surface area contributed by atoms with Gasteiger partial charge in [-0.1, -0.05) is 168 Å². The lowest BCUT2D eigenvalue weighted by molar-refractivity contribution is -0.150. The maximum absolute atomic E-state index is 12.9. The molecule has 0 aliphatic heterocycles. The van der Waals surface area contributed by atoms with E-state index >= 15 is 0 Å². The molecule has 0 bridgehead atoms. The van der Waals surface area contributed by atoms with E-state index < -0.39 is 10.0 Å². The Bertz CT molecular complexity index is 1240. The van der Waals surface area contributed by atoms with Gasteiger partial charge in [0.05, 0.1) is 5.69 Å². The molecule has 0 amide bonds. The summed E-state index contributed by atoms with van der Waals surface area (Å²) in [7, 11) is -3.47. The van der Waals surface area contributed by atoms with Gasteiger partial charge in [-0.05, 0) is 96.7 Å². The number of ether oxygens (including phenoxy) is 2. The molecule has 0 saturated carbocycles. The molecule has 1 heterocycles. The molecule has 0 fully saturated rings. The molecular weight excluding hydrogens is 799 g/mol. The van der Waals surface area contributed by atoms with E-state index in [1.165, 1.54) is 103 Å². The van der Waals surface area contributed by atoms with Crippen LogP contribution in [0.1, 0.15) is 260 Å². The number of aromatic nitrogens is 1. The van der Waals surface area contributed by atoms with E-state index in [1.807, 2.05) is 0 Å². The van der Waals surface area contributed by atoms with Crippen LogP contribution in [0.4, 0.5) is 0 Å². The van der Waals surface area contributed by atoms with Crippen LogP contribution in [0, 0.1) is 0 Å². The monoisotopic (exact) mass is 898 g/mol. The highest BCUT2D eigenvalue weighted by molar-refractivity contribution is 7.88. The van der Waals surface area contributed by atoms with Crippen LogP contribution >= 0.6 is 0 Å². The summed E-state index contributed by atoms with van der Waals surface area (Å²) < 4.78 is 44.4. The standard InChI is InChI=1S/C51H97N3O7S.H2/c1-5-9-12-15-20-27-35-48(8-4)60-50(55)38-30-23-18-25-32-42-54(44-34-41-52-62(57,58)46-47-40-45-59-53-47)43-33-26-19-24-31-39-51(56)61-49(36-28-21-16-13-10-6-2)37-29-22-17-14-11-7-3;/h40,45,48-49,52H,5-39,41-44,46H2,1-4H3;1H. The number of rotatable bonds is 47. The van der Waals surface area contributed by atoms with Crippen LogP contribution in [0.25, 0.3) is 0 Å². The summed E-state index contributed by atoms with van der Waals surface area (Å²) in [6.45, 7) is 12.0. The lowest BCUT2D eigenvalue weighted by Gasteiger charge is -2.22. The summed E-state index contributed by atoms with van der Waals surface area (Å²) in [5.74, 6) is -0.240. The van der Waals surface area contributed by atoms with Gasteiger partial charge in [0, 0.05) is 26.9 Å². The zero-order valence-corrected chi connectivity index (χ0v) is 41.6. The molecule has 0 saturated heterocycles. The molecular formula is C51H99N3O7S. The van der Waals surface area contributed by atoms with Gasteiger partial charge in [0.1, 0.15) is 24.2 Å². The molecule has 0 radical (unpaired) electrons. The van der Waals surface area contributed by atoms with Gasteiger partial charge in [-0.3, -0.25) is 9.59 Å². The van der Waals surface area contributed by atoms with Crippen LogP contribution in [-0.4, -0.2) is 68.8 Å². The summed E-state index contributed by atoms with van der Waals surface area (Å²) in [6, 6.07) is 1.57. The number of hydrogen-bond acceptors (Lipinski definition) is 9. The summed E-state index contributed by atoms with van der Waals surface area (Å²) in [5, 5.41) is 3.73. The Kier molecular flexibility index (Phi) is 39.0. The summed E-state index contributed by atoms with van der Waals surface area (Å²) in [5.41, 5.74) is 0.401. The summed E-state index contributed by atoms with van der Waals surface area (Å²) >= 11 is 0. The fraction of sp³-hybridized carbons (Fsp3) is 0.902. The minimum atomic E-state index is -3.47. The first kappa shape index (κ1) is 58.0. The Morgan fingerprint density at radius 1 is 0.581 bits per heavy atom. The molecule has 1 atom stereocenters. The molecule has 1 unspecified atom stereocenters. The van der Waals surface area contributed by atoms with Crippen LogP contribution in [-0.2, 0) is 34.8 Å². The number of carbonyl (C=O) groups excluding carboxylic acids is 2. The zero-order chi connectivity index (χ0) is 45.2. The first-order valence-electron chi connectivity index (χ1n) is 26.2. The third kappa shape index (κ3) is 36.4. The Morgan fingerprint density at radius 2 is 0.984 bits per heavy atom. The maximum Gasteiger partial charge on any atom is 0.306 e. The van der Waals surface area contributed by atoms with Crippen molar-refractivity contribution in [2.24, 2.45) is 0 Å². The normalized spacial score (nSPS) is 12.4. The van der Waals surface area contributed by atoms with Crippen molar-refractivity contribution in [2.45, 2.75) is 270 Å². The highest BCUT2D eigenvalue weighted by atomic mass is 32.2. The Morgan fingerprint density at radius 3 is 1.44 bits per heavy atom. The van der Waals surface area contributed by atoms with Gasteiger partial charge in [0.25, 0.3) is 0 Å². The van der Waals surface area contributed by atoms with Gasteiger partial charge in [0.15, 0.2) is 0 Å². The predicted molar refractivity (Wildman–Crippen MR) is 260 cm³/mol. The second kappa shape index (κ2) is 41.7. The Labute approximate surface area is 383 Å². The second-order valence-electron chi connectivity index (χ2n) is 18.2. The van der Waals surface area contributed by atoms with Gasteiger partial charge in [-0.2, -0.15) is 0 Å². The van der Waals surface area contributed by atoms with E-state index in [2.05, 4.69) is 42.5 Å². The van der Waals surface area contributed by atoms with Crippen molar-refractivity contribution in [3.05, 3.63) is 18.0 Å². The molecule has 11 heteroatoms. The number of nitrogens with one attached hydrogen (secondary N) is 1. The molecule has 0 aromatic carbocycles. The SMILES string of the molecule is CCCCCCCCC(CC)OC(=O)CCCCCCCN(CCCCCCCC(=O)OC(CCCCCCCC)CCCCCCCC)CCCNS(=O)(=O)Cc1ccon1.[HH]. The number of hydrogen-bond donors (Lipinski definition) is 1. The van der Waals surface area contributed by atoms with Crippen molar-refractivity contribution in [3.63, 3.8) is 0 Å². The van der Waals surface area contributed by atoms with Crippen molar-refractivity contribution >= 4 is 22.0 Å². The number of carbonyl (C=O) groups is 2. The van der Waals surface area contributed by atoms with Gasteiger partial charge in [-0.15, -0.1) is 0 Å². The first-order chi connectivity index (χ1) is 30.2. The molecule has 0 aliphatic rings.